The van der Waals surface area contributed by atoms with E-state index in [1.807, 2.05) is 110 Å². The maximum atomic E-state index is 13.2. The van der Waals surface area contributed by atoms with Crippen LogP contribution < -0.4 is 15.5 Å². The molecule has 32 heavy (non-hydrogen) atoms. The number of carbonyl (C=O) groups excluding carboxylic acids is 1. The number of nitrogens with zero attached hydrogens (tertiary/aromatic N) is 3. The lowest BCUT2D eigenvalue weighted by atomic mass is 9.90. The lowest BCUT2D eigenvalue weighted by Crippen LogP contribution is -2.22. The number of anilines is 4. The molecule has 6 heteroatoms. The highest BCUT2D eigenvalue weighted by Gasteiger charge is 2.22. The molecule has 0 bridgehead atoms. The molecule has 0 unspecified atom stereocenters. The van der Waals surface area contributed by atoms with E-state index in [4.69, 9.17) is 0 Å². The Balaban J connectivity index is 1.49. The molecule has 0 saturated carbocycles. The summed E-state index contributed by atoms with van der Waals surface area (Å²) in [6.07, 6.45) is 1.71. The molecule has 1 heterocycles. The van der Waals surface area contributed by atoms with Crippen molar-refractivity contribution >= 4 is 28.8 Å². The Morgan fingerprint density at radius 1 is 0.812 bits per heavy atom. The summed E-state index contributed by atoms with van der Waals surface area (Å²) in [7, 11) is 3.91. The number of amides is 1. The van der Waals surface area contributed by atoms with Gasteiger partial charge >= 0.3 is 0 Å². The molecule has 0 aliphatic carbocycles. The van der Waals surface area contributed by atoms with E-state index in [-0.39, 0.29) is 11.8 Å². The van der Waals surface area contributed by atoms with Crippen molar-refractivity contribution in [2.24, 2.45) is 0 Å². The van der Waals surface area contributed by atoms with Crippen LogP contribution in [0.2, 0.25) is 0 Å². The summed E-state index contributed by atoms with van der Waals surface area (Å²) in [5.74, 6) is 0.188. The zero-order chi connectivity index (χ0) is 22.3. The Kier molecular flexibility index (Phi) is 6.41. The lowest BCUT2D eigenvalue weighted by Gasteiger charge is -2.18. The van der Waals surface area contributed by atoms with Crippen molar-refractivity contribution in [2.75, 3.05) is 29.6 Å². The molecule has 6 nitrogen and oxygen atoms in total. The maximum Gasteiger partial charge on any atom is 0.236 e. The van der Waals surface area contributed by atoms with Crippen molar-refractivity contribution in [3.05, 3.63) is 108 Å². The van der Waals surface area contributed by atoms with Gasteiger partial charge in [0.1, 0.15) is 0 Å². The fraction of sp³-hybridized carbons (Fsp3) is 0.115. The predicted octanol–water partition coefficient (Wildman–Crippen LogP) is 5.06. The van der Waals surface area contributed by atoms with E-state index in [0.29, 0.717) is 5.82 Å². The van der Waals surface area contributed by atoms with Gasteiger partial charge in [0.15, 0.2) is 5.82 Å². The molecular weight excluding hydrogens is 398 g/mol. The third-order valence-corrected chi connectivity index (χ3v) is 5.11. The first-order valence-electron chi connectivity index (χ1n) is 10.4. The molecule has 0 radical (unpaired) electrons. The van der Waals surface area contributed by atoms with E-state index in [9.17, 15) is 4.79 Å². The summed E-state index contributed by atoms with van der Waals surface area (Å²) < 4.78 is 0. The van der Waals surface area contributed by atoms with Gasteiger partial charge in [-0.2, -0.15) is 5.10 Å². The first kappa shape index (κ1) is 21.1. The summed E-state index contributed by atoms with van der Waals surface area (Å²) in [5.41, 5.74) is 4.45. The fourth-order valence-corrected chi connectivity index (χ4v) is 3.45. The monoisotopic (exact) mass is 423 g/mol. The summed E-state index contributed by atoms with van der Waals surface area (Å²) in [6.45, 7) is 0. The van der Waals surface area contributed by atoms with Gasteiger partial charge in [0.25, 0.3) is 0 Å². The smallest absolute Gasteiger partial charge is 0.236 e. The zero-order valence-corrected chi connectivity index (χ0v) is 18.1. The second-order valence-electron chi connectivity index (χ2n) is 7.64. The lowest BCUT2D eigenvalue weighted by molar-refractivity contribution is -0.116. The van der Waals surface area contributed by atoms with Gasteiger partial charge in [-0.1, -0.05) is 60.7 Å². The maximum absolute atomic E-state index is 13.2. The van der Waals surface area contributed by atoms with Crippen LogP contribution in [0.15, 0.2) is 97.2 Å². The van der Waals surface area contributed by atoms with Crippen molar-refractivity contribution < 1.29 is 4.79 Å². The Morgan fingerprint density at radius 3 is 1.94 bits per heavy atom. The number of hydrogen-bond acceptors (Lipinski definition) is 5. The average molecular weight is 424 g/mol. The zero-order valence-electron chi connectivity index (χ0n) is 18.1. The van der Waals surface area contributed by atoms with E-state index in [1.54, 1.807) is 6.20 Å². The second-order valence-corrected chi connectivity index (χ2v) is 7.64. The summed E-state index contributed by atoms with van der Waals surface area (Å²) in [4.78, 5) is 15.2. The number of benzene rings is 3. The molecule has 2 N–H and O–H groups in total. The SMILES string of the molecule is CN(C)c1cnnc(Nc2ccc(NC(=O)C(c3ccccc3)c3ccccc3)cc2)c1. The van der Waals surface area contributed by atoms with Gasteiger partial charge in [-0.25, -0.2) is 0 Å². The Labute approximate surface area is 187 Å². The van der Waals surface area contributed by atoms with E-state index >= 15 is 0 Å². The van der Waals surface area contributed by atoms with E-state index in [0.717, 1.165) is 28.2 Å². The molecule has 4 aromatic rings. The quantitative estimate of drug-likeness (QED) is 0.435. The number of aromatic nitrogens is 2. The summed E-state index contributed by atoms with van der Waals surface area (Å²) >= 11 is 0. The van der Waals surface area contributed by atoms with Crippen LogP contribution in [-0.2, 0) is 4.79 Å². The second kappa shape index (κ2) is 9.75. The van der Waals surface area contributed by atoms with Crippen LogP contribution in [0.1, 0.15) is 17.0 Å². The molecule has 0 fully saturated rings. The van der Waals surface area contributed by atoms with Crippen molar-refractivity contribution in [3.8, 4) is 0 Å². The average Bonchev–Trinajstić information content (AvgIpc) is 2.82. The van der Waals surface area contributed by atoms with Gasteiger partial charge in [-0.3, -0.25) is 4.79 Å². The Morgan fingerprint density at radius 2 is 1.38 bits per heavy atom. The topological polar surface area (TPSA) is 70.2 Å². The Hall–Kier alpha value is -4.19. The number of rotatable bonds is 7. The summed E-state index contributed by atoms with van der Waals surface area (Å²) in [5, 5.41) is 14.4. The van der Waals surface area contributed by atoms with Crippen LogP contribution in [0.3, 0.4) is 0 Å². The molecule has 3 aromatic carbocycles. The largest absolute Gasteiger partial charge is 0.376 e. The molecule has 0 aliphatic rings. The molecule has 0 aliphatic heterocycles. The molecule has 0 saturated heterocycles. The van der Waals surface area contributed by atoms with Gasteiger partial charge in [-0.15, -0.1) is 5.10 Å². The normalized spacial score (nSPS) is 10.6. The van der Waals surface area contributed by atoms with Crippen LogP contribution >= 0.6 is 0 Å². The van der Waals surface area contributed by atoms with Crippen molar-refractivity contribution in [1.29, 1.82) is 0 Å². The van der Waals surface area contributed by atoms with Crippen LogP contribution in [-0.4, -0.2) is 30.2 Å². The molecule has 1 amide bonds. The van der Waals surface area contributed by atoms with Gasteiger partial charge < -0.3 is 15.5 Å². The molecule has 0 spiro atoms. The minimum absolute atomic E-state index is 0.0762. The standard InChI is InChI=1S/C26H25N5O/c1-31(2)23-17-24(30-27-18-23)28-21-13-15-22(16-14-21)29-26(32)25(19-9-5-3-6-10-19)20-11-7-4-8-12-20/h3-18,25H,1-2H3,(H,28,30)(H,29,32). The van der Waals surface area contributed by atoms with E-state index < -0.39 is 0 Å². The van der Waals surface area contributed by atoms with Crippen LogP contribution in [0.25, 0.3) is 0 Å². The van der Waals surface area contributed by atoms with Crippen LogP contribution in [0.5, 0.6) is 0 Å². The van der Waals surface area contributed by atoms with Crippen molar-refractivity contribution in [2.45, 2.75) is 5.92 Å². The van der Waals surface area contributed by atoms with Crippen LogP contribution in [0, 0.1) is 0 Å². The highest BCUT2D eigenvalue weighted by molar-refractivity contribution is 5.98. The van der Waals surface area contributed by atoms with E-state index in [2.05, 4.69) is 20.8 Å². The third-order valence-electron chi connectivity index (χ3n) is 5.11. The van der Waals surface area contributed by atoms with Crippen molar-refractivity contribution in [3.63, 3.8) is 0 Å². The molecular formula is C26H25N5O. The van der Waals surface area contributed by atoms with Gasteiger partial charge in [0.05, 0.1) is 17.8 Å². The predicted molar refractivity (Wildman–Crippen MR) is 129 cm³/mol. The van der Waals surface area contributed by atoms with Crippen LogP contribution in [0.4, 0.5) is 22.9 Å². The molecule has 0 atom stereocenters. The molecule has 160 valence electrons. The molecule has 4 rings (SSSR count). The number of hydrogen-bond donors (Lipinski definition) is 2. The highest BCUT2D eigenvalue weighted by atomic mass is 16.1. The van der Waals surface area contributed by atoms with Gasteiger partial charge in [0.2, 0.25) is 5.91 Å². The number of carbonyl (C=O) groups is 1. The van der Waals surface area contributed by atoms with Gasteiger partial charge in [0, 0.05) is 31.5 Å². The minimum atomic E-state index is -0.390. The third kappa shape index (κ3) is 5.10. The molecule has 1 aromatic heterocycles. The van der Waals surface area contributed by atoms with Crippen molar-refractivity contribution in [1.82, 2.24) is 10.2 Å². The first-order valence-corrected chi connectivity index (χ1v) is 10.4. The summed E-state index contributed by atoms with van der Waals surface area (Å²) in [6, 6.07) is 29.1. The van der Waals surface area contributed by atoms with Gasteiger partial charge in [-0.05, 0) is 35.4 Å². The fourth-order valence-electron chi connectivity index (χ4n) is 3.45. The highest BCUT2D eigenvalue weighted by Crippen LogP contribution is 2.27. The van der Waals surface area contributed by atoms with E-state index in [1.165, 1.54) is 0 Å². The minimum Gasteiger partial charge on any atom is -0.376 e. The number of nitrogens with one attached hydrogen (secondary N) is 2. The first-order chi connectivity index (χ1) is 15.6. The Bertz CT molecular complexity index is 1120.